The molecule has 3 rings (SSSR count). The number of aromatic amines is 1. The number of nitrogens with zero attached hydrogens (tertiary/aromatic N) is 1. The van der Waals surface area contributed by atoms with Crippen molar-refractivity contribution in [1.82, 2.24) is 9.71 Å². The van der Waals surface area contributed by atoms with Gasteiger partial charge in [0.15, 0.2) is 6.61 Å². The number of rotatable bonds is 7. The zero-order valence-corrected chi connectivity index (χ0v) is 16.1. The van der Waals surface area contributed by atoms with Crippen molar-refractivity contribution >= 4 is 38.5 Å². The molecular weight excluding hydrogens is 402 g/mol. The molecule has 0 aliphatic heterocycles. The van der Waals surface area contributed by atoms with Crippen LogP contribution < -0.4 is 4.72 Å². The molecule has 3 aromatic rings. The van der Waals surface area contributed by atoms with Gasteiger partial charge in [-0.1, -0.05) is 29.8 Å². The highest BCUT2D eigenvalue weighted by molar-refractivity contribution is 7.89. The molecule has 0 unspecified atom stereocenters. The van der Waals surface area contributed by atoms with Gasteiger partial charge in [-0.3, -0.25) is 4.79 Å². The molecule has 0 saturated carbocycles. The molecule has 0 saturated heterocycles. The number of carbonyl (C=O) groups excluding carboxylic acids is 1. The Hall–Kier alpha value is -2.86. The molecule has 1 atom stereocenters. The van der Waals surface area contributed by atoms with Crippen molar-refractivity contribution in [2.75, 3.05) is 6.61 Å². The third-order valence-electron chi connectivity index (χ3n) is 4.08. The average Bonchev–Trinajstić information content (AvgIpc) is 3.09. The first-order valence-corrected chi connectivity index (χ1v) is 10.1. The number of esters is 1. The second kappa shape index (κ2) is 8.44. The summed E-state index contributed by atoms with van der Waals surface area (Å²) in [5.41, 5.74) is 1.61. The third-order valence-corrected chi connectivity index (χ3v) is 5.82. The van der Waals surface area contributed by atoms with E-state index in [-0.39, 0.29) is 11.3 Å². The van der Waals surface area contributed by atoms with E-state index >= 15 is 0 Å². The lowest BCUT2D eigenvalue weighted by atomic mass is 10.1. The number of ether oxygens (including phenoxy) is 1. The number of hydrogen-bond acceptors (Lipinski definition) is 5. The standard InChI is InChI=1S/C19H16ClN3O4S/c20-14-5-7-15(8-6-14)28(25,26)23-18(19(24)27-10-9-21)11-13-12-22-17-4-2-1-3-16(13)17/h1-8,12,18,22-23H,10-11H2/t18-/m0/s1. The maximum atomic E-state index is 12.7. The number of nitriles is 1. The van der Waals surface area contributed by atoms with Crippen molar-refractivity contribution in [3.63, 3.8) is 0 Å². The van der Waals surface area contributed by atoms with E-state index in [1.54, 1.807) is 12.3 Å². The first-order chi connectivity index (χ1) is 13.4. The van der Waals surface area contributed by atoms with Gasteiger partial charge in [-0.15, -0.1) is 0 Å². The SMILES string of the molecule is N#CCOC(=O)[C@H](Cc1c[nH]c2ccccc12)NS(=O)(=O)c1ccc(Cl)cc1. The Morgan fingerprint density at radius 3 is 2.64 bits per heavy atom. The summed E-state index contributed by atoms with van der Waals surface area (Å²) in [4.78, 5) is 15.4. The average molecular weight is 418 g/mol. The lowest BCUT2D eigenvalue weighted by Gasteiger charge is -2.17. The second-order valence-electron chi connectivity index (χ2n) is 5.96. The topological polar surface area (TPSA) is 112 Å². The molecule has 144 valence electrons. The number of fused-ring (bicyclic) bond motifs is 1. The van der Waals surface area contributed by atoms with Crippen LogP contribution in [-0.4, -0.2) is 32.0 Å². The van der Waals surface area contributed by atoms with Crippen LogP contribution in [0.1, 0.15) is 5.56 Å². The molecule has 0 aliphatic rings. The summed E-state index contributed by atoms with van der Waals surface area (Å²) in [6, 6.07) is 13.5. The first kappa shape index (κ1) is 19.9. The molecule has 1 heterocycles. The van der Waals surface area contributed by atoms with Crippen molar-refractivity contribution in [2.45, 2.75) is 17.4 Å². The Bertz CT molecular complexity index is 1130. The summed E-state index contributed by atoms with van der Waals surface area (Å²) in [5.74, 6) is -0.829. The fraction of sp³-hybridized carbons (Fsp3) is 0.158. The lowest BCUT2D eigenvalue weighted by molar-refractivity contribution is -0.144. The van der Waals surface area contributed by atoms with Crippen molar-refractivity contribution in [1.29, 1.82) is 5.26 Å². The van der Waals surface area contributed by atoms with Gasteiger partial charge in [0.1, 0.15) is 12.1 Å². The highest BCUT2D eigenvalue weighted by atomic mass is 35.5. The quantitative estimate of drug-likeness (QED) is 0.574. The minimum Gasteiger partial charge on any atom is -0.449 e. The van der Waals surface area contributed by atoms with Crippen LogP contribution in [0.5, 0.6) is 0 Å². The van der Waals surface area contributed by atoms with E-state index in [1.165, 1.54) is 24.3 Å². The van der Waals surface area contributed by atoms with Crippen LogP contribution in [0.4, 0.5) is 0 Å². The number of aromatic nitrogens is 1. The summed E-state index contributed by atoms with van der Waals surface area (Å²) in [6.45, 7) is -0.466. The Kier molecular flexibility index (Phi) is 5.99. The second-order valence-corrected chi connectivity index (χ2v) is 8.11. The number of halogens is 1. The molecule has 0 fully saturated rings. The molecule has 9 heteroatoms. The highest BCUT2D eigenvalue weighted by Crippen LogP contribution is 2.21. The van der Waals surface area contributed by atoms with Gasteiger partial charge in [-0.05, 0) is 35.9 Å². The van der Waals surface area contributed by atoms with Gasteiger partial charge in [-0.2, -0.15) is 9.98 Å². The number of hydrogen-bond donors (Lipinski definition) is 2. The van der Waals surface area contributed by atoms with E-state index in [0.717, 1.165) is 16.5 Å². The van der Waals surface area contributed by atoms with E-state index in [1.807, 2.05) is 24.3 Å². The summed E-state index contributed by atoms with van der Waals surface area (Å²) >= 11 is 5.80. The fourth-order valence-corrected chi connectivity index (χ4v) is 4.08. The van der Waals surface area contributed by atoms with Crippen LogP contribution in [-0.2, 0) is 26.0 Å². The van der Waals surface area contributed by atoms with Crippen LogP contribution in [0.3, 0.4) is 0 Å². The van der Waals surface area contributed by atoms with Crippen molar-refractivity contribution < 1.29 is 17.9 Å². The van der Waals surface area contributed by atoms with Gasteiger partial charge in [0.25, 0.3) is 0 Å². The van der Waals surface area contributed by atoms with Crippen LogP contribution in [0.15, 0.2) is 59.6 Å². The van der Waals surface area contributed by atoms with Crippen molar-refractivity contribution in [2.24, 2.45) is 0 Å². The number of benzene rings is 2. The highest BCUT2D eigenvalue weighted by Gasteiger charge is 2.28. The maximum absolute atomic E-state index is 12.7. The molecule has 0 amide bonds. The zero-order chi connectivity index (χ0) is 20.1. The largest absolute Gasteiger partial charge is 0.449 e. The molecule has 0 spiro atoms. The fourth-order valence-electron chi connectivity index (χ4n) is 2.77. The number of H-pyrrole nitrogens is 1. The maximum Gasteiger partial charge on any atom is 0.325 e. The van der Waals surface area contributed by atoms with Gasteiger partial charge >= 0.3 is 5.97 Å². The number of nitrogens with one attached hydrogen (secondary N) is 2. The minimum atomic E-state index is -4.01. The number of para-hydroxylation sites is 1. The van der Waals surface area contributed by atoms with Crippen LogP contribution >= 0.6 is 11.6 Å². The molecule has 2 aromatic carbocycles. The summed E-state index contributed by atoms with van der Waals surface area (Å²) in [6.07, 6.45) is 1.77. The van der Waals surface area contributed by atoms with Crippen molar-refractivity contribution in [3.8, 4) is 6.07 Å². The molecule has 1 aromatic heterocycles. The predicted octanol–water partition coefficient (Wildman–Crippen LogP) is 2.78. The van der Waals surface area contributed by atoms with E-state index in [2.05, 4.69) is 9.71 Å². The van der Waals surface area contributed by atoms with Crippen molar-refractivity contribution in [3.05, 3.63) is 65.3 Å². The van der Waals surface area contributed by atoms with Crippen LogP contribution in [0.25, 0.3) is 10.9 Å². The first-order valence-electron chi connectivity index (χ1n) is 8.27. The van der Waals surface area contributed by atoms with E-state index in [9.17, 15) is 13.2 Å². The number of sulfonamides is 1. The molecule has 2 N–H and O–H groups in total. The van der Waals surface area contributed by atoms with Gasteiger partial charge < -0.3 is 9.72 Å². The van der Waals surface area contributed by atoms with Gasteiger partial charge in [0.05, 0.1) is 4.90 Å². The minimum absolute atomic E-state index is 0.0334. The van der Waals surface area contributed by atoms with E-state index in [4.69, 9.17) is 21.6 Å². The van der Waals surface area contributed by atoms with Gasteiger partial charge in [0, 0.05) is 28.5 Å². The Morgan fingerprint density at radius 1 is 1.21 bits per heavy atom. The molecule has 0 bridgehead atoms. The summed E-state index contributed by atoms with van der Waals surface area (Å²) in [7, 11) is -4.01. The summed E-state index contributed by atoms with van der Waals surface area (Å²) in [5, 5.41) is 9.91. The van der Waals surface area contributed by atoms with Crippen LogP contribution in [0.2, 0.25) is 5.02 Å². The number of carbonyl (C=O) groups is 1. The normalized spacial score (nSPS) is 12.4. The monoisotopic (exact) mass is 417 g/mol. The van der Waals surface area contributed by atoms with Crippen LogP contribution in [0, 0.1) is 11.3 Å². The molecule has 7 nitrogen and oxygen atoms in total. The molecule has 0 radical (unpaired) electrons. The molecular formula is C19H16ClN3O4S. The molecule has 0 aliphatic carbocycles. The van der Waals surface area contributed by atoms with E-state index < -0.39 is 28.6 Å². The Balaban J connectivity index is 1.89. The Morgan fingerprint density at radius 2 is 1.93 bits per heavy atom. The summed E-state index contributed by atoms with van der Waals surface area (Å²) < 4.78 is 32.6. The van der Waals surface area contributed by atoms with E-state index in [0.29, 0.717) is 5.02 Å². The zero-order valence-electron chi connectivity index (χ0n) is 14.6. The molecule has 28 heavy (non-hydrogen) atoms. The lowest BCUT2D eigenvalue weighted by Crippen LogP contribution is -2.43. The van der Waals surface area contributed by atoms with Gasteiger partial charge in [-0.25, -0.2) is 8.42 Å². The Labute approximate surface area is 166 Å². The van der Waals surface area contributed by atoms with Gasteiger partial charge in [0.2, 0.25) is 10.0 Å². The predicted molar refractivity (Wildman–Crippen MR) is 104 cm³/mol. The third kappa shape index (κ3) is 4.51. The smallest absolute Gasteiger partial charge is 0.325 e.